The summed E-state index contributed by atoms with van der Waals surface area (Å²) in [6, 6.07) is 15.5. The normalized spacial score (nSPS) is 10.9. The Morgan fingerprint density at radius 2 is 1.82 bits per heavy atom. The van der Waals surface area contributed by atoms with Crippen LogP contribution in [-0.4, -0.2) is 40.1 Å². The zero-order valence-corrected chi connectivity index (χ0v) is 17.8. The number of anilines is 1. The number of para-hydroxylation sites is 2. The number of nitrogens with two attached hydrogens (primary N) is 1. The molecule has 34 heavy (non-hydrogen) atoms. The highest BCUT2D eigenvalue weighted by molar-refractivity contribution is 5.79. The van der Waals surface area contributed by atoms with Crippen molar-refractivity contribution in [1.82, 2.24) is 40.1 Å². The minimum Gasteiger partial charge on any atom is -0.368 e. The van der Waals surface area contributed by atoms with Crippen molar-refractivity contribution in [3.8, 4) is 23.4 Å². The lowest BCUT2D eigenvalue weighted by molar-refractivity contribution is 0.987. The van der Waals surface area contributed by atoms with Crippen molar-refractivity contribution in [3.63, 3.8) is 0 Å². The van der Waals surface area contributed by atoms with Gasteiger partial charge in [-0.1, -0.05) is 18.1 Å². The fraction of sp³-hybridized carbons (Fsp3) is 0.0400. The Labute approximate surface area is 193 Å². The van der Waals surface area contributed by atoms with Gasteiger partial charge < -0.3 is 10.7 Å². The van der Waals surface area contributed by atoms with Gasteiger partial charge in [0.05, 0.1) is 22.7 Å². The third-order valence-corrected chi connectivity index (χ3v) is 5.33. The lowest BCUT2D eigenvalue weighted by Crippen LogP contribution is -2.03. The van der Waals surface area contributed by atoms with Crippen LogP contribution in [-0.2, 0) is 6.42 Å². The summed E-state index contributed by atoms with van der Waals surface area (Å²) < 4.78 is 0. The molecule has 9 heteroatoms. The predicted octanol–water partition coefficient (Wildman–Crippen LogP) is 3.26. The van der Waals surface area contributed by atoms with E-state index in [0.29, 0.717) is 23.6 Å². The number of nitrogens with one attached hydrogen (secondary N) is 2. The molecular formula is C25H17N9. The molecule has 0 radical (unpaired) electrons. The van der Waals surface area contributed by atoms with Gasteiger partial charge in [-0.3, -0.25) is 5.10 Å². The third kappa shape index (κ3) is 3.80. The number of rotatable bonds is 3. The van der Waals surface area contributed by atoms with Gasteiger partial charge >= 0.3 is 0 Å². The molecule has 162 valence electrons. The first-order chi connectivity index (χ1) is 16.7. The van der Waals surface area contributed by atoms with Crippen LogP contribution in [0.15, 0.2) is 67.1 Å². The molecule has 4 heterocycles. The van der Waals surface area contributed by atoms with Gasteiger partial charge in [0.25, 0.3) is 0 Å². The zero-order chi connectivity index (χ0) is 22.9. The van der Waals surface area contributed by atoms with E-state index < -0.39 is 0 Å². The van der Waals surface area contributed by atoms with E-state index in [-0.39, 0.29) is 5.95 Å². The summed E-state index contributed by atoms with van der Waals surface area (Å²) in [4.78, 5) is 25.4. The predicted molar refractivity (Wildman–Crippen MR) is 128 cm³/mol. The molecule has 0 unspecified atom stereocenters. The van der Waals surface area contributed by atoms with Gasteiger partial charge in [-0.2, -0.15) is 5.10 Å². The highest BCUT2D eigenvalue weighted by atomic mass is 15.1. The Bertz CT molecular complexity index is 1690. The van der Waals surface area contributed by atoms with Crippen molar-refractivity contribution in [3.05, 3.63) is 89.8 Å². The van der Waals surface area contributed by atoms with Crippen LogP contribution in [0.25, 0.3) is 33.5 Å². The van der Waals surface area contributed by atoms with Gasteiger partial charge in [0.15, 0.2) is 5.82 Å². The number of hydrogen-bond acceptors (Lipinski definition) is 7. The molecule has 6 aromatic rings. The number of aromatic nitrogens is 8. The molecule has 0 atom stereocenters. The van der Waals surface area contributed by atoms with Crippen molar-refractivity contribution >= 4 is 27.9 Å². The van der Waals surface area contributed by atoms with Gasteiger partial charge in [-0.05, 0) is 42.3 Å². The zero-order valence-electron chi connectivity index (χ0n) is 17.8. The van der Waals surface area contributed by atoms with Crippen molar-refractivity contribution < 1.29 is 0 Å². The Morgan fingerprint density at radius 1 is 0.882 bits per heavy atom. The third-order valence-electron chi connectivity index (χ3n) is 5.33. The van der Waals surface area contributed by atoms with Crippen molar-refractivity contribution in [1.29, 1.82) is 0 Å². The highest BCUT2D eigenvalue weighted by Crippen LogP contribution is 2.19. The van der Waals surface area contributed by atoms with Gasteiger partial charge in [0.1, 0.15) is 17.2 Å². The second kappa shape index (κ2) is 8.11. The molecule has 0 spiro atoms. The maximum atomic E-state index is 5.75. The largest absolute Gasteiger partial charge is 0.368 e. The Kier molecular flexibility index (Phi) is 4.67. The standard InChI is InChI=1S/C25H17N9/c26-25-27-10-9-22(33-25)24-28-13-17(12-23-30-20-3-1-2-4-21(20)31-23)18(32-24)7-5-15-6-8-19-16(11-15)14-29-34-19/h1-4,6,8-11,13-14H,12H2,(H,29,34)(H,30,31)(H2,26,27,33). The Morgan fingerprint density at radius 3 is 2.74 bits per heavy atom. The molecule has 4 N–H and O–H groups in total. The van der Waals surface area contributed by atoms with E-state index in [0.717, 1.165) is 38.9 Å². The fourth-order valence-corrected chi connectivity index (χ4v) is 3.69. The number of aromatic amines is 2. The summed E-state index contributed by atoms with van der Waals surface area (Å²) in [5.74, 6) is 7.83. The Balaban J connectivity index is 1.42. The highest BCUT2D eigenvalue weighted by Gasteiger charge is 2.12. The monoisotopic (exact) mass is 443 g/mol. The number of nitrogen functional groups attached to an aromatic ring is 1. The lowest BCUT2D eigenvalue weighted by Gasteiger charge is -2.05. The summed E-state index contributed by atoms with van der Waals surface area (Å²) in [5.41, 5.74) is 11.4. The van der Waals surface area contributed by atoms with Crippen LogP contribution in [0.3, 0.4) is 0 Å². The number of fused-ring (bicyclic) bond motifs is 2. The number of benzene rings is 2. The maximum Gasteiger partial charge on any atom is 0.220 e. The second-order valence-electron chi connectivity index (χ2n) is 7.67. The van der Waals surface area contributed by atoms with E-state index in [1.807, 2.05) is 42.5 Å². The molecule has 0 saturated carbocycles. The van der Waals surface area contributed by atoms with Gasteiger partial charge in [-0.25, -0.2) is 24.9 Å². The first kappa shape index (κ1) is 19.6. The molecule has 0 aliphatic heterocycles. The topological polar surface area (TPSA) is 135 Å². The van der Waals surface area contributed by atoms with Crippen molar-refractivity contribution in [2.45, 2.75) is 6.42 Å². The summed E-state index contributed by atoms with van der Waals surface area (Å²) in [7, 11) is 0. The molecule has 9 nitrogen and oxygen atoms in total. The van der Waals surface area contributed by atoms with E-state index in [9.17, 15) is 0 Å². The summed E-state index contributed by atoms with van der Waals surface area (Å²) in [6.45, 7) is 0. The molecule has 2 aromatic carbocycles. The summed E-state index contributed by atoms with van der Waals surface area (Å²) in [5, 5.41) is 8.01. The molecule has 0 aliphatic carbocycles. The van der Waals surface area contributed by atoms with Crippen molar-refractivity contribution in [2.24, 2.45) is 0 Å². The Hall–Kier alpha value is -5.10. The molecule has 6 rings (SSSR count). The molecule has 0 aliphatic rings. The van der Waals surface area contributed by atoms with Gasteiger partial charge in [-0.15, -0.1) is 0 Å². The van der Waals surface area contributed by atoms with Crippen LogP contribution in [0, 0.1) is 11.8 Å². The van der Waals surface area contributed by atoms with E-state index in [2.05, 4.69) is 47.0 Å². The minimum absolute atomic E-state index is 0.161. The van der Waals surface area contributed by atoms with E-state index in [1.165, 1.54) is 0 Å². The number of hydrogen-bond donors (Lipinski definition) is 3. The van der Waals surface area contributed by atoms with Gasteiger partial charge in [0, 0.05) is 35.3 Å². The second-order valence-corrected chi connectivity index (χ2v) is 7.67. The number of imidazole rings is 1. The minimum atomic E-state index is 0.161. The van der Waals surface area contributed by atoms with Crippen LogP contribution in [0.2, 0.25) is 0 Å². The fourth-order valence-electron chi connectivity index (χ4n) is 3.69. The van der Waals surface area contributed by atoms with Gasteiger partial charge in [0.2, 0.25) is 5.95 Å². The van der Waals surface area contributed by atoms with Crippen molar-refractivity contribution in [2.75, 3.05) is 5.73 Å². The molecular weight excluding hydrogens is 426 g/mol. The molecule has 0 saturated heterocycles. The van der Waals surface area contributed by atoms with E-state index >= 15 is 0 Å². The number of H-pyrrole nitrogens is 2. The van der Waals surface area contributed by atoms with Crippen LogP contribution in [0.5, 0.6) is 0 Å². The maximum absolute atomic E-state index is 5.75. The SMILES string of the molecule is Nc1nccc(-c2ncc(Cc3nc4ccccc4[nH]3)c(C#Cc3ccc4[nH]ncc4c3)n2)n1. The van der Waals surface area contributed by atoms with Crippen LogP contribution < -0.4 is 5.73 Å². The average molecular weight is 443 g/mol. The van der Waals surface area contributed by atoms with E-state index in [1.54, 1.807) is 24.7 Å². The first-order valence-electron chi connectivity index (χ1n) is 10.5. The smallest absolute Gasteiger partial charge is 0.220 e. The van der Waals surface area contributed by atoms with E-state index in [4.69, 9.17) is 10.7 Å². The van der Waals surface area contributed by atoms with Crippen LogP contribution in [0.1, 0.15) is 22.6 Å². The van der Waals surface area contributed by atoms with Crippen LogP contribution in [0.4, 0.5) is 5.95 Å². The quantitative estimate of drug-likeness (QED) is 0.357. The van der Waals surface area contributed by atoms with Crippen LogP contribution >= 0.6 is 0 Å². The molecule has 0 amide bonds. The molecule has 4 aromatic heterocycles. The summed E-state index contributed by atoms with van der Waals surface area (Å²) >= 11 is 0. The first-order valence-corrected chi connectivity index (χ1v) is 10.5. The average Bonchev–Trinajstić information content (AvgIpc) is 3.49. The lowest BCUT2D eigenvalue weighted by atomic mass is 10.1. The summed E-state index contributed by atoms with van der Waals surface area (Å²) in [6.07, 6.45) is 5.62. The number of nitrogens with zero attached hydrogens (tertiary/aromatic N) is 6. The molecule has 0 fully saturated rings. The molecule has 0 bridgehead atoms.